The van der Waals surface area contributed by atoms with Crippen LogP contribution in [0.15, 0.2) is 18.3 Å². The van der Waals surface area contributed by atoms with Crippen LogP contribution in [0.4, 0.5) is 5.69 Å². The molecule has 1 N–H and O–H groups in total. The first kappa shape index (κ1) is 17.4. The fourth-order valence-electron chi connectivity index (χ4n) is 1.68. The summed E-state index contributed by atoms with van der Waals surface area (Å²) < 4.78 is 15.8. The highest BCUT2D eigenvalue weighted by atomic mass is 16.5. The van der Waals surface area contributed by atoms with E-state index in [9.17, 15) is 4.79 Å². The van der Waals surface area contributed by atoms with Gasteiger partial charge in [0, 0.05) is 19.8 Å². The fourth-order valence-corrected chi connectivity index (χ4v) is 1.68. The highest BCUT2D eigenvalue weighted by Gasteiger charge is 2.31. The Morgan fingerprint density at radius 2 is 2.10 bits per heavy atom. The summed E-state index contributed by atoms with van der Waals surface area (Å²) in [6.07, 6.45) is 2.15. The monoisotopic (exact) mass is 296 g/mol. The summed E-state index contributed by atoms with van der Waals surface area (Å²) >= 11 is 0. The van der Waals surface area contributed by atoms with E-state index in [1.165, 1.54) is 0 Å². The maximum absolute atomic E-state index is 12.2. The SMILES string of the molecule is CCOC(C)(CC)C(=O)Nc1ccc(OCCOC)nc1. The van der Waals surface area contributed by atoms with Crippen molar-refractivity contribution in [1.29, 1.82) is 0 Å². The number of ether oxygens (including phenoxy) is 3. The number of anilines is 1. The van der Waals surface area contributed by atoms with Gasteiger partial charge in [0.05, 0.1) is 18.5 Å². The number of nitrogens with zero attached hydrogens (tertiary/aromatic N) is 1. The van der Waals surface area contributed by atoms with Crippen molar-refractivity contribution in [2.45, 2.75) is 32.8 Å². The molecule has 1 heterocycles. The number of hydrogen-bond acceptors (Lipinski definition) is 5. The minimum atomic E-state index is -0.831. The Kier molecular flexibility index (Phi) is 7.11. The third-order valence-electron chi connectivity index (χ3n) is 3.15. The molecule has 1 aromatic heterocycles. The number of nitrogens with one attached hydrogen (secondary N) is 1. The van der Waals surface area contributed by atoms with Crippen molar-refractivity contribution in [2.75, 3.05) is 32.2 Å². The molecule has 1 aromatic rings. The smallest absolute Gasteiger partial charge is 0.256 e. The molecule has 6 heteroatoms. The van der Waals surface area contributed by atoms with Crippen LogP contribution in [0.2, 0.25) is 0 Å². The third-order valence-corrected chi connectivity index (χ3v) is 3.15. The highest BCUT2D eigenvalue weighted by molar-refractivity contribution is 5.96. The maximum Gasteiger partial charge on any atom is 0.256 e. The molecule has 1 rings (SSSR count). The first-order chi connectivity index (χ1) is 10.1. The highest BCUT2D eigenvalue weighted by Crippen LogP contribution is 2.19. The van der Waals surface area contributed by atoms with Gasteiger partial charge in [0.1, 0.15) is 12.2 Å². The molecule has 0 spiro atoms. The Labute approximate surface area is 125 Å². The van der Waals surface area contributed by atoms with Crippen LogP contribution in [0.25, 0.3) is 0 Å². The number of pyridine rings is 1. The summed E-state index contributed by atoms with van der Waals surface area (Å²) in [7, 11) is 1.61. The molecule has 0 aromatic carbocycles. The zero-order valence-corrected chi connectivity index (χ0v) is 13.1. The summed E-state index contributed by atoms with van der Waals surface area (Å²) in [5, 5.41) is 2.81. The molecule has 0 aliphatic heterocycles. The fraction of sp³-hybridized carbons (Fsp3) is 0.600. The topological polar surface area (TPSA) is 69.7 Å². The lowest BCUT2D eigenvalue weighted by Crippen LogP contribution is -2.42. The van der Waals surface area contributed by atoms with Crippen molar-refractivity contribution < 1.29 is 19.0 Å². The second kappa shape index (κ2) is 8.59. The number of methoxy groups -OCH3 is 1. The van der Waals surface area contributed by atoms with Gasteiger partial charge in [-0.1, -0.05) is 6.92 Å². The molecule has 0 radical (unpaired) electrons. The van der Waals surface area contributed by atoms with E-state index in [-0.39, 0.29) is 5.91 Å². The van der Waals surface area contributed by atoms with Crippen LogP contribution in [0, 0.1) is 0 Å². The maximum atomic E-state index is 12.2. The molecule has 0 fully saturated rings. The van der Waals surface area contributed by atoms with Gasteiger partial charge in [-0.2, -0.15) is 0 Å². The van der Waals surface area contributed by atoms with E-state index >= 15 is 0 Å². The van der Waals surface area contributed by atoms with Crippen LogP contribution < -0.4 is 10.1 Å². The van der Waals surface area contributed by atoms with Crippen molar-refractivity contribution in [1.82, 2.24) is 4.98 Å². The molecular weight excluding hydrogens is 272 g/mol. The van der Waals surface area contributed by atoms with E-state index in [1.54, 1.807) is 32.4 Å². The molecule has 118 valence electrons. The molecule has 0 saturated carbocycles. The van der Waals surface area contributed by atoms with E-state index < -0.39 is 5.60 Å². The average Bonchev–Trinajstić information content (AvgIpc) is 2.49. The normalized spacial score (nSPS) is 13.5. The van der Waals surface area contributed by atoms with E-state index in [2.05, 4.69) is 10.3 Å². The second-order valence-corrected chi connectivity index (χ2v) is 4.70. The molecule has 1 unspecified atom stereocenters. The number of carbonyl (C=O) groups excluding carboxylic acids is 1. The lowest BCUT2D eigenvalue weighted by molar-refractivity contribution is -0.139. The average molecular weight is 296 g/mol. The lowest BCUT2D eigenvalue weighted by Gasteiger charge is -2.26. The van der Waals surface area contributed by atoms with Crippen LogP contribution in [0.1, 0.15) is 27.2 Å². The van der Waals surface area contributed by atoms with E-state index in [1.807, 2.05) is 13.8 Å². The Bertz CT molecular complexity index is 436. The van der Waals surface area contributed by atoms with Gasteiger partial charge in [0.2, 0.25) is 5.88 Å². The van der Waals surface area contributed by atoms with Crippen LogP contribution in [-0.4, -0.2) is 43.4 Å². The number of aromatic nitrogens is 1. The Balaban J connectivity index is 2.60. The lowest BCUT2D eigenvalue weighted by atomic mass is 10.0. The van der Waals surface area contributed by atoms with Gasteiger partial charge in [-0.25, -0.2) is 4.98 Å². The van der Waals surface area contributed by atoms with Crippen molar-refractivity contribution >= 4 is 11.6 Å². The van der Waals surface area contributed by atoms with Gasteiger partial charge in [-0.3, -0.25) is 4.79 Å². The predicted molar refractivity (Wildman–Crippen MR) is 80.6 cm³/mol. The van der Waals surface area contributed by atoms with Crippen molar-refractivity contribution in [3.05, 3.63) is 18.3 Å². The van der Waals surface area contributed by atoms with Gasteiger partial charge < -0.3 is 19.5 Å². The summed E-state index contributed by atoms with van der Waals surface area (Å²) in [6.45, 7) is 7.00. The summed E-state index contributed by atoms with van der Waals surface area (Å²) in [5.74, 6) is 0.315. The van der Waals surface area contributed by atoms with Crippen LogP contribution >= 0.6 is 0 Å². The number of carbonyl (C=O) groups is 1. The first-order valence-corrected chi connectivity index (χ1v) is 7.09. The van der Waals surface area contributed by atoms with E-state index in [0.29, 0.717) is 37.8 Å². The van der Waals surface area contributed by atoms with Gasteiger partial charge in [-0.05, 0) is 26.3 Å². The Hall–Kier alpha value is -1.66. The van der Waals surface area contributed by atoms with Crippen LogP contribution in [0.3, 0.4) is 0 Å². The minimum Gasteiger partial charge on any atom is -0.475 e. The van der Waals surface area contributed by atoms with Gasteiger partial charge in [0.15, 0.2) is 0 Å². The zero-order chi connectivity index (χ0) is 15.7. The summed E-state index contributed by atoms with van der Waals surface area (Å²) in [4.78, 5) is 16.4. The minimum absolute atomic E-state index is 0.179. The molecule has 1 atom stereocenters. The van der Waals surface area contributed by atoms with Crippen molar-refractivity contribution in [3.63, 3.8) is 0 Å². The molecule has 0 aliphatic rings. The van der Waals surface area contributed by atoms with Gasteiger partial charge in [-0.15, -0.1) is 0 Å². The number of amides is 1. The summed E-state index contributed by atoms with van der Waals surface area (Å²) in [6, 6.07) is 3.45. The Morgan fingerprint density at radius 3 is 2.62 bits per heavy atom. The first-order valence-electron chi connectivity index (χ1n) is 7.09. The zero-order valence-electron chi connectivity index (χ0n) is 13.1. The van der Waals surface area contributed by atoms with Crippen molar-refractivity contribution in [2.24, 2.45) is 0 Å². The number of hydrogen-bond donors (Lipinski definition) is 1. The third kappa shape index (κ3) is 5.32. The van der Waals surface area contributed by atoms with Gasteiger partial charge >= 0.3 is 0 Å². The standard InChI is InChI=1S/C15H24N2O4/c1-5-15(3,21-6-2)14(18)17-12-7-8-13(16-11-12)20-10-9-19-4/h7-8,11H,5-6,9-10H2,1-4H3,(H,17,18). The quantitative estimate of drug-likeness (QED) is 0.708. The second-order valence-electron chi connectivity index (χ2n) is 4.70. The van der Waals surface area contributed by atoms with Crippen LogP contribution in [0.5, 0.6) is 5.88 Å². The molecular formula is C15H24N2O4. The molecule has 0 saturated heterocycles. The van der Waals surface area contributed by atoms with E-state index in [0.717, 1.165) is 0 Å². The van der Waals surface area contributed by atoms with E-state index in [4.69, 9.17) is 14.2 Å². The molecule has 0 bridgehead atoms. The predicted octanol–water partition coefficient (Wildman–Crippen LogP) is 2.25. The Morgan fingerprint density at radius 1 is 1.33 bits per heavy atom. The molecule has 21 heavy (non-hydrogen) atoms. The largest absolute Gasteiger partial charge is 0.475 e. The molecule has 6 nitrogen and oxygen atoms in total. The van der Waals surface area contributed by atoms with Gasteiger partial charge in [0.25, 0.3) is 5.91 Å². The molecule has 0 aliphatic carbocycles. The summed E-state index contributed by atoms with van der Waals surface area (Å²) in [5.41, 5.74) is -0.221. The molecule has 1 amide bonds. The number of rotatable bonds is 9. The van der Waals surface area contributed by atoms with Crippen molar-refractivity contribution in [3.8, 4) is 5.88 Å². The van der Waals surface area contributed by atoms with Crippen LogP contribution in [-0.2, 0) is 14.3 Å².